The molecule has 0 spiro atoms. The predicted octanol–water partition coefficient (Wildman–Crippen LogP) is 3.39. The van der Waals surface area contributed by atoms with Gasteiger partial charge in [0.25, 0.3) is 0 Å². The van der Waals surface area contributed by atoms with Crippen molar-refractivity contribution in [2.45, 2.75) is 26.8 Å². The summed E-state index contributed by atoms with van der Waals surface area (Å²) in [4.78, 5) is 23.3. The zero-order valence-electron chi connectivity index (χ0n) is 13.5. The van der Waals surface area contributed by atoms with Crippen molar-refractivity contribution in [2.24, 2.45) is 0 Å². The first-order chi connectivity index (χ1) is 10.9. The number of carbonyl (C=O) groups is 2. The molecule has 0 aliphatic heterocycles. The van der Waals surface area contributed by atoms with E-state index in [1.807, 2.05) is 43.3 Å². The number of aryl methyl sites for hydroxylation is 1. The maximum absolute atomic E-state index is 12.2. The van der Waals surface area contributed by atoms with Crippen LogP contribution in [0.2, 0.25) is 0 Å². The van der Waals surface area contributed by atoms with Crippen molar-refractivity contribution >= 4 is 28.9 Å². The van der Waals surface area contributed by atoms with E-state index in [0.29, 0.717) is 5.69 Å². The maximum Gasteiger partial charge on any atom is 0.246 e. The van der Waals surface area contributed by atoms with Crippen molar-refractivity contribution in [3.63, 3.8) is 0 Å². The molecule has 2 rings (SSSR count). The highest BCUT2D eigenvalue weighted by Crippen LogP contribution is 2.16. The number of amides is 2. The topological polar surface area (TPSA) is 70.2 Å². The van der Waals surface area contributed by atoms with E-state index in [1.165, 1.54) is 6.92 Å². The zero-order valence-corrected chi connectivity index (χ0v) is 13.5. The molecule has 1 atom stereocenters. The Hall–Kier alpha value is -2.82. The Morgan fingerprint density at radius 1 is 0.913 bits per heavy atom. The van der Waals surface area contributed by atoms with E-state index >= 15 is 0 Å². The summed E-state index contributed by atoms with van der Waals surface area (Å²) < 4.78 is 0. The zero-order chi connectivity index (χ0) is 16.8. The number of benzene rings is 2. The molecule has 5 nitrogen and oxygen atoms in total. The van der Waals surface area contributed by atoms with Crippen LogP contribution in [0.25, 0.3) is 0 Å². The largest absolute Gasteiger partial charge is 0.374 e. The van der Waals surface area contributed by atoms with Crippen LogP contribution in [0.1, 0.15) is 19.4 Å². The molecule has 0 aliphatic carbocycles. The minimum atomic E-state index is -0.413. The quantitative estimate of drug-likeness (QED) is 0.792. The van der Waals surface area contributed by atoms with Crippen LogP contribution in [-0.4, -0.2) is 17.9 Å². The predicted molar refractivity (Wildman–Crippen MR) is 93.6 cm³/mol. The lowest BCUT2D eigenvalue weighted by Gasteiger charge is -2.16. The summed E-state index contributed by atoms with van der Waals surface area (Å²) in [5.41, 5.74) is 3.36. The Labute approximate surface area is 136 Å². The van der Waals surface area contributed by atoms with E-state index in [9.17, 15) is 9.59 Å². The van der Waals surface area contributed by atoms with Crippen LogP contribution in [0.5, 0.6) is 0 Å². The molecule has 5 heteroatoms. The van der Waals surface area contributed by atoms with E-state index in [-0.39, 0.29) is 11.8 Å². The summed E-state index contributed by atoms with van der Waals surface area (Å²) >= 11 is 0. The third kappa shape index (κ3) is 5.14. The molecule has 0 saturated heterocycles. The fourth-order valence-corrected chi connectivity index (χ4v) is 2.09. The lowest BCUT2D eigenvalue weighted by atomic mass is 10.2. The van der Waals surface area contributed by atoms with Crippen molar-refractivity contribution in [3.05, 3.63) is 54.1 Å². The van der Waals surface area contributed by atoms with E-state index < -0.39 is 6.04 Å². The normalized spacial score (nSPS) is 11.4. The molecule has 3 N–H and O–H groups in total. The summed E-state index contributed by atoms with van der Waals surface area (Å²) in [6, 6.07) is 14.5. The minimum absolute atomic E-state index is 0.126. The van der Waals surface area contributed by atoms with Crippen molar-refractivity contribution < 1.29 is 9.59 Å². The first-order valence-electron chi connectivity index (χ1n) is 7.46. The van der Waals surface area contributed by atoms with Crippen LogP contribution in [0.3, 0.4) is 0 Å². The van der Waals surface area contributed by atoms with Gasteiger partial charge in [0, 0.05) is 24.0 Å². The summed E-state index contributed by atoms with van der Waals surface area (Å²) in [7, 11) is 0. The Kier molecular flexibility index (Phi) is 5.36. The molecule has 120 valence electrons. The van der Waals surface area contributed by atoms with Gasteiger partial charge in [0.1, 0.15) is 6.04 Å². The van der Waals surface area contributed by atoms with Crippen LogP contribution in [-0.2, 0) is 9.59 Å². The number of anilines is 3. The highest BCUT2D eigenvalue weighted by atomic mass is 16.2. The Morgan fingerprint density at radius 3 is 2.22 bits per heavy atom. The Bertz CT molecular complexity index is 696. The Balaban J connectivity index is 1.97. The van der Waals surface area contributed by atoms with Gasteiger partial charge in [0.05, 0.1) is 0 Å². The molecule has 0 aromatic heterocycles. The molecule has 0 saturated carbocycles. The van der Waals surface area contributed by atoms with Crippen LogP contribution in [0, 0.1) is 6.92 Å². The van der Waals surface area contributed by atoms with Gasteiger partial charge >= 0.3 is 0 Å². The maximum atomic E-state index is 12.2. The molecular weight excluding hydrogens is 290 g/mol. The van der Waals surface area contributed by atoms with Crippen molar-refractivity contribution in [1.82, 2.24) is 0 Å². The smallest absolute Gasteiger partial charge is 0.246 e. The molecule has 0 unspecified atom stereocenters. The highest BCUT2D eigenvalue weighted by molar-refractivity contribution is 5.96. The van der Waals surface area contributed by atoms with Crippen LogP contribution in [0.4, 0.5) is 17.1 Å². The number of nitrogens with one attached hydrogen (secondary N) is 3. The summed E-state index contributed by atoms with van der Waals surface area (Å²) in [6.45, 7) is 5.24. The first-order valence-corrected chi connectivity index (χ1v) is 7.46. The molecule has 0 radical (unpaired) electrons. The van der Waals surface area contributed by atoms with Gasteiger partial charge in [-0.15, -0.1) is 0 Å². The van der Waals surface area contributed by atoms with Crippen LogP contribution in [0.15, 0.2) is 48.5 Å². The average Bonchev–Trinajstić information content (AvgIpc) is 2.49. The van der Waals surface area contributed by atoms with E-state index in [2.05, 4.69) is 16.0 Å². The molecule has 2 amide bonds. The molecular formula is C18H21N3O2. The van der Waals surface area contributed by atoms with Gasteiger partial charge in [0.15, 0.2) is 0 Å². The van der Waals surface area contributed by atoms with Crippen molar-refractivity contribution in [1.29, 1.82) is 0 Å². The Morgan fingerprint density at radius 2 is 1.57 bits per heavy atom. The van der Waals surface area contributed by atoms with E-state index in [1.54, 1.807) is 19.1 Å². The number of rotatable bonds is 5. The average molecular weight is 311 g/mol. The van der Waals surface area contributed by atoms with Gasteiger partial charge in [-0.1, -0.05) is 23.8 Å². The minimum Gasteiger partial charge on any atom is -0.374 e. The highest BCUT2D eigenvalue weighted by Gasteiger charge is 2.13. The second-order valence-corrected chi connectivity index (χ2v) is 5.48. The SMILES string of the molecule is CC(=O)Nc1cccc(N[C@H](C)C(=O)Nc2ccc(C)cc2)c1. The molecule has 2 aromatic carbocycles. The summed E-state index contributed by atoms with van der Waals surface area (Å²) in [5.74, 6) is -0.258. The standard InChI is InChI=1S/C18H21N3O2/c1-12-7-9-15(10-8-12)21-18(23)13(2)19-16-5-4-6-17(11-16)20-14(3)22/h4-11,13,19H,1-3H3,(H,20,22)(H,21,23)/t13-/m1/s1. The van der Waals surface area contributed by atoms with Gasteiger partial charge in [-0.05, 0) is 44.2 Å². The third-order valence-electron chi connectivity index (χ3n) is 3.28. The summed E-state index contributed by atoms with van der Waals surface area (Å²) in [6.07, 6.45) is 0. The van der Waals surface area contributed by atoms with Crippen molar-refractivity contribution in [3.8, 4) is 0 Å². The van der Waals surface area contributed by atoms with E-state index in [4.69, 9.17) is 0 Å². The molecule has 2 aromatic rings. The molecule has 23 heavy (non-hydrogen) atoms. The van der Waals surface area contributed by atoms with Crippen molar-refractivity contribution in [2.75, 3.05) is 16.0 Å². The monoisotopic (exact) mass is 311 g/mol. The summed E-state index contributed by atoms with van der Waals surface area (Å²) in [5, 5.41) is 8.70. The van der Waals surface area contributed by atoms with E-state index in [0.717, 1.165) is 16.9 Å². The fourth-order valence-electron chi connectivity index (χ4n) is 2.09. The second kappa shape index (κ2) is 7.45. The second-order valence-electron chi connectivity index (χ2n) is 5.48. The molecule has 0 aliphatic rings. The van der Waals surface area contributed by atoms with Crippen LogP contribution >= 0.6 is 0 Å². The van der Waals surface area contributed by atoms with Crippen LogP contribution < -0.4 is 16.0 Å². The van der Waals surface area contributed by atoms with Gasteiger partial charge in [0.2, 0.25) is 11.8 Å². The van der Waals surface area contributed by atoms with Gasteiger partial charge < -0.3 is 16.0 Å². The lowest BCUT2D eigenvalue weighted by molar-refractivity contribution is -0.116. The molecule has 0 bridgehead atoms. The number of hydrogen-bond donors (Lipinski definition) is 3. The number of carbonyl (C=O) groups excluding carboxylic acids is 2. The number of hydrogen-bond acceptors (Lipinski definition) is 3. The van der Waals surface area contributed by atoms with Gasteiger partial charge in [-0.25, -0.2) is 0 Å². The molecule has 0 fully saturated rings. The third-order valence-corrected chi connectivity index (χ3v) is 3.28. The fraction of sp³-hybridized carbons (Fsp3) is 0.222. The first kappa shape index (κ1) is 16.5. The molecule has 0 heterocycles. The van der Waals surface area contributed by atoms with Gasteiger partial charge in [-0.3, -0.25) is 9.59 Å². The van der Waals surface area contributed by atoms with Gasteiger partial charge in [-0.2, -0.15) is 0 Å². The lowest BCUT2D eigenvalue weighted by Crippen LogP contribution is -2.31.